The number of hydrogen-bond acceptors (Lipinski definition) is 7. The molecule has 0 atom stereocenters. The number of carboxylic acids is 1. The highest BCUT2D eigenvalue weighted by Gasteiger charge is 2.14. The number of carboxylic acid groups (broad SMARTS) is 1. The molecule has 0 aliphatic rings. The van der Waals surface area contributed by atoms with Gasteiger partial charge in [0.2, 0.25) is 5.13 Å². The summed E-state index contributed by atoms with van der Waals surface area (Å²) in [6, 6.07) is 3.04. The number of nitrogens with zero attached hydrogens (tertiary/aromatic N) is 2. The van der Waals surface area contributed by atoms with Crippen LogP contribution in [0, 0.1) is 6.92 Å². The van der Waals surface area contributed by atoms with E-state index in [4.69, 9.17) is 5.11 Å². The molecule has 1 amide bonds. The summed E-state index contributed by atoms with van der Waals surface area (Å²) in [6.45, 7) is 1.71. The molecule has 0 fully saturated rings. The summed E-state index contributed by atoms with van der Waals surface area (Å²) in [7, 11) is 0. The summed E-state index contributed by atoms with van der Waals surface area (Å²) >= 11 is 2.04. The van der Waals surface area contributed by atoms with Gasteiger partial charge < -0.3 is 10.1 Å². The number of carbonyl (C=O) groups is 2. The Morgan fingerprint density at radius 3 is 2.86 bits per heavy atom. The van der Waals surface area contributed by atoms with Crippen LogP contribution in [-0.4, -0.2) is 37.9 Å². The second-order valence-corrected chi connectivity index (χ2v) is 6.09. The number of amides is 1. The van der Waals surface area contributed by atoms with Gasteiger partial charge in [-0.1, -0.05) is 23.1 Å². The molecule has 110 valence electrons. The number of carbonyl (C=O) groups excluding carboxylic acids is 1. The molecule has 8 nitrogen and oxygen atoms in total. The van der Waals surface area contributed by atoms with Crippen LogP contribution in [0.3, 0.4) is 0 Å². The molecule has 0 unspecified atom stereocenters. The van der Waals surface area contributed by atoms with Crippen molar-refractivity contribution in [1.29, 1.82) is 0 Å². The van der Waals surface area contributed by atoms with Crippen LogP contribution in [0.15, 0.2) is 21.3 Å². The van der Waals surface area contributed by atoms with E-state index in [-0.39, 0.29) is 16.4 Å². The number of thioether (sulfide) groups is 1. The molecule has 0 radical (unpaired) electrons. The van der Waals surface area contributed by atoms with Crippen molar-refractivity contribution in [2.24, 2.45) is 0 Å². The number of aliphatic carboxylic acids is 1. The third-order valence-electron chi connectivity index (χ3n) is 2.25. The summed E-state index contributed by atoms with van der Waals surface area (Å²) < 4.78 is 0.422. The van der Waals surface area contributed by atoms with Crippen molar-refractivity contribution >= 4 is 40.1 Å². The van der Waals surface area contributed by atoms with Crippen molar-refractivity contribution in [2.45, 2.75) is 11.3 Å². The fourth-order valence-electron chi connectivity index (χ4n) is 1.36. The maximum atomic E-state index is 11.9. The molecule has 0 aromatic carbocycles. The molecule has 2 heterocycles. The highest BCUT2D eigenvalue weighted by molar-refractivity contribution is 8.01. The zero-order valence-corrected chi connectivity index (χ0v) is 12.4. The summed E-state index contributed by atoms with van der Waals surface area (Å²) in [5, 5.41) is 18.7. The summed E-state index contributed by atoms with van der Waals surface area (Å²) in [5.41, 5.74) is 0.132. The van der Waals surface area contributed by atoms with Crippen LogP contribution in [0.25, 0.3) is 0 Å². The van der Waals surface area contributed by atoms with Crippen molar-refractivity contribution < 1.29 is 14.7 Å². The Labute approximate surface area is 126 Å². The Morgan fingerprint density at radius 1 is 1.43 bits per heavy atom. The second-order valence-electron chi connectivity index (χ2n) is 3.89. The van der Waals surface area contributed by atoms with Crippen LogP contribution in [0.5, 0.6) is 0 Å². The van der Waals surface area contributed by atoms with Crippen molar-refractivity contribution in [3.8, 4) is 0 Å². The predicted octanol–water partition coefficient (Wildman–Crippen LogP) is 0.964. The van der Waals surface area contributed by atoms with Gasteiger partial charge in [0.25, 0.3) is 11.5 Å². The van der Waals surface area contributed by atoms with Gasteiger partial charge in [-0.2, -0.15) is 0 Å². The smallest absolute Gasteiger partial charge is 0.313 e. The van der Waals surface area contributed by atoms with E-state index in [1.807, 2.05) is 0 Å². The second kappa shape index (κ2) is 6.50. The molecule has 2 aromatic heterocycles. The van der Waals surface area contributed by atoms with Gasteiger partial charge in [0.1, 0.15) is 5.56 Å². The molecule has 0 saturated carbocycles. The average Bonchev–Trinajstić information content (AvgIpc) is 2.83. The highest BCUT2D eigenvalue weighted by Crippen LogP contribution is 2.25. The van der Waals surface area contributed by atoms with Crippen LogP contribution in [-0.2, 0) is 4.79 Å². The number of aromatic nitrogens is 3. The van der Waals surface area contributed by atoms with Gasteiger partial charge in [0, 0.05) is 5.69 Å². The van der Waals surface area contributed by atoms with E-state index in [0.29, 0.717) is 10.0 Å². The Morgan fingerprint density at radius 2 is 2.19 bits per heavy atom. The van der Waals surface area contributed by atoms with Gasteiger partial charge in [0.05, 0.1) is 5.75 Å². The van der Waals surface area contributed by atoms with Crippen LogP contribution in [0.2, 0.25) is 0 Å². The largest absolute Gasteiger partial charge is 0.481 e. The van der Waals surface area contributed by atoms with E-state index in [2.05, 4.69) is 20.5 Å². The molecule has 0 bridgehead atoms. The predicted molar refractivity (Wildman–Crippen MR) is 78.0 cm³/mol. The van der Waals surface area contributed by atoms with Gasteiger partial charge in [-0.3, -0.25) is 19.7 Å². The SMILES string of the molecule is Cc1ccc(C(=O)Nc2nnc(SCC(=O)O)s2)c(=O)[nH]1. The van der Waals surface area contributed by atoms with Crippen LogP contribution in [0.1, 0.15) is 16.1 Å². The first-order chi connectivity index (χ1) is 9.95. The summed E-state index contributed by atoms with van der Waals surface area (Å²) in [6.07, 6.45) is 0. The van der Waals surface area contributed by atoms with E-state index >= 15 is 0 Å². The fourth-order valence-corrected chi connectivity index (χ4v) is 2.82. The quantitative estimate of drug-likeness (QED) is 0.552. The lowest BCUT2D eigenvalue weighted by atomic mass is 10.2. The van der Waals surface area contributed by atoms with E-state index in [1.165, 1.54) is 6.07 Å². The number of rotatable bonds is 5. The van der Waals surface area contributed by atoms with Crippen molar-refractivity contribution in [1.82, 2.24) is 15.2 Å². The lowest BCUT2D eigenvalue weighted by molar-refractivity contribution is -0.133. The van der Waals surface area contributed by atoms with E-state index in [1.54, 1.807) is 13.0 Å². The number of pyridine rings is 1. The molecule has 2 rings (SSSR count). The number of hydrogen-bond donors (Lipinski definition) is 3. The molecule has 2 aromatic rings. The summed E-state index contributed by atoms with van der Waals surface area (Å²) in [5.74, 6) is -1.70. The van der Waals surface area contributed by atoms with Gasteiger partial charge in [0.15, 0.2) is 4.34 Å². The Balaban J connectivity index is 2.06. The minimum absolute atomic E-state index is 0.0319. The van der Waals surface area contributed by atoms with Crippen LogP contribution < -0.4 is 10.9 Å². The molecule has 0 aliphatic carbocycles. The zero-order chi connectivity index (χ0) is 15.4. The van der Waals surface area contributed by atoms with Gasteiger partial charge in [-0.05, 0) is 19.1 Å². The zero-order valence-electron chi connectivity index (χ0n) is 10.7. The molecule has 21 heavy (non-hydrogen) atoms. The molecule has 0 spiro atoms. The number of aromatic amines is 1. The monoisotopic (exact) mass is 326 g/mol. The molecule has 0 saturated heterocycles. The first-order valence-corrected chi connectivity index (χ1v) is 7.45. The summed E-state index contributed by atoms with van der Waals surface area (Å²) in [4.78, 5) is 36.5. The minimum atomic E-state index is -0.966. The molecular weight excluding hydrogens is 316 g/mol. The van der Waals surface area contributed by atoms with Gasteiger partial charge in [-0.25, -0.2) is 0 Å². The average molecular weight is 326 g/mol. The Hall–Kier alpha value is -2.20. The normalized spacial score (nSPS) is 10.3. The highest BCUT2D eigenvalue weighted by atomic mass is 32.2. The third kappa shape index (κ3) is 4.13. The molecule has 10 heteroatoms. The van der Waals surface area contributed by atoms with Crippen molar-refractivity contribution in [3.05, 3.63) is 33.7 Å². The molecule has 0 aliphatic heterocycles. The van der Waals surface area contributed by atoms with E-state index in [9.17, 15) is 14.4 Å². The number of H-pyrrole nitrogens is 1. The number of anilines is 1. The maximum absolute atomic E-state index is 11.9. The minimum Gasteiger partial charge on any atom is -0.481 e. The van der Waals surface area contributed by atoms with Crippen LogP contribution >= 0.6 is 23.1 Å². The first kappa shape index (κ1) is 15.2. The number of aryl methyl sites for hydroxylation is 1. The molecular formula is C11H10N4O4S2. The third-order valence-corrected chi connectivity index (χ3v) is 4.20. The Bertz CT molecular complexity index is 740. The van der Waals surface area contributed by atoms with Crippen molar-refractivity contribution in [2.75, 3.05) is 11.1 Å². The lowest BCUT2D eigenvalue weighted by Gasteiger charge is -2.00. The van der Waals surface area contributed by atoms with Gasteiger partial charge >= 0.3 is 5.97 Å². The number of nitrogens with one attached hydrogen (secondary N) is 2. The fraction of sp³-hybridized carbons (Fsp3) is 0.182. The standard InChI is InChI=1S/C11H10N4O4S2/c1-5-2-3-6(8(18)12-5)9(19)13-10-14-15-11(21-10)20-4-7(16)17/h2-3H,4H2,1H3,(H,12,18)(H,16,17)(H,13,14,19). The van der Waals surface area contributed by atoms with E-state index in [0.717, 1.165) is 23.1 Å². The Kier molecular flexibility index (Phi) is 4.70. The lowest BCUT2D eigenvalue weighted by Crippen LogP contribution is -2.23. The van der Waals surface area contributed by atoms with E-state index < -0.39 is 17.4 Å². The van der Waals surface area contributed by atoms with Gasteiger partial charge in [-0.15, -0.1) is 10.2 Å². The van der Waals surface area contributed by atoms with Crippen molar-refractivity contribution in [3.63, 3.8) is 0 Å². The molecule has 3 N–H and O–H groups in total. The maximum Gasteiger partial charge on any atom is 0.313 e. The van der Waals surface area contributed by atoms with Crippen LogP contribution in [0.4, 0.5) is 5.13 Å². The first-order valence-electron chi connectivity index (χ1n) is 5.65. The topological polar surface area (TPSA) is 125 Å².